The molecule has 1 amide bonds. The fourth-order valence-corrected chi connectivity index (χ4v) is 2.71. The van der Waals surface area contributed by atoms with Gasteiger partial charge in [-0.25, -0.2) is 0 Å². The molecule has 0 aliphatic heterocycles. The number of thiophene rings is 1. The summed E-state index contributed by atoms with van der Waals surface area (Å²) < 4.78 is 0. The molecule has 0 fully saturated rings. The summed E-state index contributed by atoms with van der Waals surface area (Å²) in [6, 6.07) is 5.47. The van der Waals surface area contributed by atoms with Gasteiger partial charge in [-0.05, 0) is 18.4 Å². The summed E-state index contributed by atoms with van der Waals surface area (Å²) in [4.78, 5) is 28.5. The molecule has 0 aromatic carbocycles. The second-order valence-corrected chi connectivity index (χ2v) is 7.03. The van der Waals surface area contributed by atoms with Gasteiger partial charge in [-0.3, -0.25) is 9.59 Å². The first-order valence-corrected chi connectivity index (χ1v) is 7.72. The molecule has 0 atom stereocenters. The maximum atomic E-state index is 12.3. The van der Waals surface area contributed by atoms with Crippen molar-refractivity contribution in [2.75, 3.05) is 0 Å². The number of aryl methyl sites for hydroxylation is 1. The van der Waals surface area contributed by atoms with E-state index in [1.165, 1.54) is 0 Å². The Hall–Kier alpha value is -1.88. The highest BCUT2D eigenvalue weighted by Gasteiger charge is 2.21. The largest absolute Gasteiger partial charge is 0.357 e. The molecule has 0 saturated heterocycles. The molecule has 21 heavy (non-hydrogen) atoms. The molecule has 0 radical (unpaired) electrons. The van der Waals surface area contributed by atoms with Gasteiger partial charge in [0.2, 0.25) is 5.91 Å². The molecule has 2 aromatic rings. The van der Waals surface area contributed by atoms with Gasteiger partial charge in [-0.15, -0.1) is 11.3 Å². The third-order valence-corrected chi connectivity index (χ3v) is 4.03. The average Bonchev–Trinajstić information content (AvgIpc) is 2.89. The smallest absolute Gasteiger partial charge is 0.225 e. The minimum atomic E-state index is -0.472. The van der Waals surface area contributed by atoms with E-state index in [0.717, 1.165) is 16.3 Å². The summed E-state index contributed by atoms with van der Waals surface area (Å²) in [6.45, 7) is 7.64. The number of nitrogens with one attached hydrogen (secondary N) is 2. The maximum Gasteiger partial charge on any atom is 0.225 e. The van der Waals surface area contributed by atoms with E-state index < -0.39 is 5.41 Å². The topological polar surface area (TPSA) is 62.0 Å². The molecule has 5 heteroatoms. The van der Waals surface area contributed by atoms with Gasteiger partial charge in [-0.2, -0.15) is 0 Å². The number of pyridine rings is 1. The fourth-order valence-electron chi connectivity index (χ4n) is 1.96. The van der Waals surface area contributed by atoms with Crippen molar-refractivity contribution in [1.29, 1.82) is 0 Å². The van der Waals surface area contributed by atoms with Crippen LogP contribution in [0.1, 0.15) is 32.0 Å². The lowest BCUT2D eigenvalue weighted by atomic mass is 9.95. The summed E-state index contributed by atoms with van der Waals surface area (Å²) >= 11 is 1.56. The van der Waals surface area contributed by atoms with Crippen molar-refractivity contribution in [2.24, 2.45) is 5.41 Å². The van der Waals surface area contributed by atoms with Crippen molar-refractivity contribution in [1.82, 2.24) is 10.3 Å². The van der Waals surface area contributed by atoms with Crippen molar-refractivity contribution in [3.63, 3.8) is 0 Å². The quantitative estimate of drug-likeness (QED) is 0.915. The van der Waals surface area contributed by atoms with Crippen LogP contribution in [-0.4, -0.2) is 10.9 Å². The predicted molar refractivity (Wildman–Crippen MR) is 86.4 cm³/mol. The van der Waals surface area contributed by atoms with E-state index in [9.17, 15) is 9.59 Å². The first-order valence-electron chi connectivity index (χ1n) is 6.84. The zero-order chi connectivity index (χ0) is 15.6. The summed E-state index contributed by atoms with van der Waals surface area (Å²) in [7, 11) is 0. The summed E-state index contributed by atoms with van der Waals surface area (Å²) in [5.74, 6) is -0.0698. The molecule has 2 aromatic heterocycles. The zero-order valence-electron chi connectivity index (χ0n) is 12.7. The molecule has 2 heterocycles. The van der Waals surface area contributed by atoms with Crippen molar-refractivity contribution in [2.45, 2.75) is 34.2 Å². The Morgan fingerprint density at radius 2 is 2.10 bits per heavy atom. The highest BCUT2D eigenvalue weighted by molar-refractivity contribution is 7.13. The molecule has 0 bridgehead atoms. The molecular formula is C16H20N2O2S. The lowest BCUT2D eigenvalue weighted by molar-refractivity contribution is -0.128. The fraction of sp³-hybridized carbons (Fsp3) is 0.375. The van der Waals surface area contributed by atoms with Crippen molar-refractivity contribution < 1.29 is 4.79 Å². The van der Waals surface area contributed by atoms with Crippen LogP contribution in [-0.2, 0) is 11.3 Å². The van der Waals surface area contributed by atoms with Crippen LogP contribution in [0.25, 0.3) is 10.6 Å². The molecule has 0 aliphatic carbocycles. The highest BCUT2D eigenvalue weighted by atomic mass is 32.1. The van der Waals surface area contributed by atoms with Crippen LogP contribution >= 0.6 is 11.3 Å². The number of aromatic amines is 1. The van der Waals surface area contributed by atoms with Crippen molar-refractivity contribution >= 4 is 17.2 Å². The minimum Gasteiger partial charge on any atom is -0.357 e. The number of carbonyl (C=O) groups is 1. The van der Waals surface area contributed by atoms with Crippen LogP contribution in [0.3, 0.4) is 0 Å². The predicted octanol–water partition coefficient (Wildman–Crippen LogP) is 3.07. The standard InChI is InChI=1S/C16H20N2O2S/c1-10-8-12(19)11(9-17-15(20)16(2,3)4)14(18-10)13-6-5-7-21-13/h5-8H,9H2,1-4H3,(H,17,20)(H,18,19). The molecule has 112 valence electrons. The Morgan fingerprint density at radius 1 is 1.38 bits per heavy atom. The van der Waals surface area contributed by atoms with Crippen LogP contribution in [0, 0.1) is 12.3 Å². The molecule has 2 rings (SSSR count). The normalized spacial score (nSPS) is 11.4. The van der Waals surface area contributed by atoms with E-state index in [1.807, 2.05) is 45.2 Å². The number of hydrogen-bond acceptors (Lipinski definition) is 3. The molecule has 0 aliphatic rings. The Labute approximate surface area is 128 Å². The second-order valence-electron chi connectivity index (χ2n) is 6.08. The number of H-pyrrole nitrogens is 1. The lowest BCUT2D eigenvalue weighted by Gasteiger charge is -2.18. The zero-order valence-corrected chi connectivity index (χ0v) is 13.6. The molecule has 0 unspecified atom stereocenters. The Bertz CT molecular complexity index is 694. The van der Waals surface area contributed by atoms with E-state index >= 15 is 0 Å². The Balaban J connectivity index is 2.35. The van der Waals surface area contributed by atoms with Gasteiger partial charge in [0.05, 0.1) is 10.6 Å². The first-order chi connectivity index (χ1) is 9.79. The number of amides is 1. The van der Waals surface area contributed by atoms with Gasteiger partial charge < -0.3 is 10.3 Å². The number of carbonyl (C=O) groups excluding carboxylic acids is 1. The number of rotatable bonds is 3. The molecular weight excluding hydrogens is 284 g/mol. The van der Waals surface area contributed by atoms with Crippen molar-refractivity contribution in [3.8, 4) is 10.6 Å². The molecule has 0 saturated carbocycles. The molecule has 0 spiro atoms. The van der Waals surface area contributed by atoms with Crippen LogP contribution < -0.4 is 10.7 Å². The van der Waals surface area contributed by atoms with Gasteiger partial charge in [0.25, 0.3) is 0 Å². The maximum absolute atomic E-state index is 12.3. The lowest BCUT2D eigenvalue weighted by Crippen LogP contribution is -2.35. The van der Waals surface area contributed by atoms with E-state index in [-0.39, 0.29) is 17.9 Å². The van der Waals surface area contributed by atoms with Gasteiger partial charge in [-0.1, -0.05) is 26.8 Å². The van der Waals surface area contributed by atoms with E-state index in [0.29, 0.717) is 5.56 Å². The van der Waals surface area contributed by atoms with E-state index in [2.05, 4.69) is 10.3 Å². The monoisotopic (exact) mass is 304 g/mol. The summed E-state index contributed by atoms with van der Waals surface area (Å²) in [5, 5.41) is 4.81. The van der Waals surface area contributed by atoms with Crippen LogP contribution in [0.5, 0.6) is 0 Å². The third kappa shape index (κ3) is 3.61. The summed E-state index contributed by atoms with van der Waals surface area (Å²) in [5.41, 5.74) is 1.68. The molecule has 2 N–H and O–H groups in total. The van der Waals surface area contributed by atoms with Crippen molar-refractivity contribution in [3.05, 3.63) is 45.1 Å². The van der Waals surface area contributed by atoms with E-state index in [1.54, 1.807) is 17.4 Å². The van der Waals surface area contributed by atoms with Crippen LogP contribution in [0.4, 0.5) is 0 Å². The van der Waals surface area contributed by atoms with Gasteiger partial charge in [0, 0.05) is 29.3 Å². The Kier molecular flexibility index (Phi) is 4.32. The van der Waals surface area contributed by atoms with Gasteiger partial charge in [0.15, 0.2) is 5.43 Å². The Morgan fingerprint density at radius 3 is 2.67 bits per heavy atom. The number of hydrogen-bond donors (Lipinski definition) is 2. The van der Waals surface area contributed by atoms with Crippen LogP contribution in [0.2, 0.25) is 0 Å². The van der Waals surface area contributed by atoms with E-state index in [4.69, 9.17) is 0 Å². The highest BCUT2D eigenvalue weighted by Crippen LogP contribution is 2.25. The molecule has 4 nitrogen and oxygen atoms in total. The second kappa shape index (κ2) is 5.85. The minimum absolute atomic E-state index is 0.0520. The SMILES string of the molecule is Cc1cc(=O)c(CNC(=O)C(C)(C)C)c(-c2cccs2)[nH]1. The van der Waals surface area contributed by atoms with Gasteiger partial charge in [0.1, 0.15) is 0 Å². The van der Waals surface area contributed by atoms with Gasteiger partial charge >= 0.3 is 0 Å². The third-order valence-electron chi connectivity index (χ3n) is 3.14. The summed E-state index contributed by atoms with van der Waals surface area (Å²) in [6.07, 6.45) is 0. The number of aromatic nitrogens is 1. The first kappa shape index (κ1) is 15.5. The van der Waals surface area contributed by atoms with Crippen LogP contribution in [0.15, 0.2) is 28.4 Å². The average molecular weight is 304 g/mol.